The van der Waals surface area contributed by atoms with E-state index in [0.717, 1.165) is 5.56 Å². The molecule has 1 heterocycles. The predicted molar refractivity (Wildman–Crippen MR) is 93.4 cm³/mol. The number of amides is 1. The predicted octanol–water partition coefficient (Wildman–Crippen LogP) is 0.920. The van der Waals surface area contributed by atoms with Crippen molar-refractivity contribution in [2.45, 2.75) is 19.0 Å². The Morgan fingerprint density at radius 1 is 1.40 bits per heavy atom. The van der Waals surface area contributed by atoms with Gasteiger partial charge in [-0.1, -0.05) is 12.1 Å². The van der Waals surface area contributed by atoms with E-state index in [9.17, 15) is 17.6 Å². The summed E-state index contributed by atoms with van der Waals surface area (Å²) < 4.78 is 41.8. The van der Waals surface area contributed by atoms with Crippen LogP contribution in [0.1, 0.15) is 12.0 Å². The molecule has 1 aromatic carbocycles. The molecule has 0 N–H and O–H groups in total. The standard InChI is InChI=1S/C17H25FN2O4S/c1-19(11-14-4-3-5-15(18)10-14)12-17(21)20(7-8-24-2)16-6-9-25(22,23)13-16/h3-5,10,16H,6-9,11-13H2,1-2H3. The number of methoxy groups -OCH3 is 1. The first-order chi connectivity index (χ1) is 11.8. The first kappa shape index (κ1) is 19.8. The van der Waals surface area contributed by atoms with Crippen LogP contribution in [0.25, 0.3) is 0 Å². The highest BCUT2D eigenvalue weighted by Gasteiger charge is 2.34. The molecule has 1 saturated heterocycles. The summed E-state index contributed by atoms with van der Waals surface area (Å²) in [6.45, 7) is 1.29. The highest BCUT2D eigenvalue weighted by Crippen LogP contribution is 2.18. The van der Waals surface area contributed by atoms with E-state index in [-0.39, 0.29) is 35.8 Å². The number of hydrogen-bond acceptors (Lipinski definition) is 5. The van der Waals surface area contributed by atoms with Gasteiger partial charge in [-0.3, -0.25) is 9.69 Å². The van der Waals surface area contributed by atoms with Gasteiger partial charge in [-0.2, -0.15) is 0 Å². The van der Waals surface area contributed by atoms with Gasteiger partial charge in [-0.25, -0.2) is 12.8 Å². The second kappa shape index (κ2) is 8.73. The largest absolute Gasteiger partial charge is 0.383 e. The lowest BCUT2D eigenvalue weighted by atomic mass is 10.2. The van der Waals surface area contributed by atoms with Crippen LogP contribution in [0.5, 0.6) is 0 Å². The zero-order valence-corrected chi connectivity index (χ0v) is 15.5. The minimum absolute atomic E-state index is 0.00999. The molecule has 0 aromatic heterocycles. The Balaban J connectivity index is 1.98. The van der Waals surface area contributed by atoms with Crippen LogP contribution in [-0.4, -0.2) is 75.5 Å². The third-order valence-electron chi connectivity index (χ3n) is 4.25. The van der Waals surface area contributed by atoms with Gasteiger partial charge in [0.25, 0.3) is 0 Å². The average Bonchev–Trinajstić information content (AvgIpc) is 2.87. The topological polar surface area (TPSA) is 66.9 Å². The van der Waals surface area contributed by atoms with Crippen LogP contribution in [0.4, 0.5) is 4.39 Å². The molecule has 0 saturated carbocycles. The zero-order valence-electron chi connectivity index (χ0n) is 14.7. The third-order valence-corrected chi connectivity index (χ3v) is 6.00. The molecule has 25 heavy (non-hydrogen) atoms. The van der Waals surface area contributed by atoms with E-state index < -0.39 is 9.84 Å². The molecular formula is C17H25FN2O4S. The fourth-order valence-electron chi connectivity index (χ4n) is 3.05. The molecule has 1 aliphatic heterocycles. The van der Waals surface area contributed by atoms with Gasteiger partial charge in [0, 0.05) is 26.2 Å². The smallest absolute Gasteiger partial charge is 0.237 e. The summed E-state index contributed by atoms with van der Waals surface area (Å²) in [6, 6.07) is 5.95. The van der Waals surface area contributed by atoms with Crippen LogP contribution in [0.15, 0.2) is 24.3 Å². The normalized spacial score (nSPS) is 19.3. The van der Waals surface area contributed by atoms with E-state index in [0.29, 0.717) is 26.1 Å². The molecule has 6 nitrogen and oxygen atoms in total. The number of nitrogens with zero attached hydrogens (tertiary/aromatic N) is 2. The third kappa shape index (κ3) is 6.05. The molecule has 2 rings (SSSR count). The van der Waals surface area contributed by atoms with Crippen molar-refractivity contribution in [1.82, 2.24) is 9.80 Å². The molecule has 1 fully saturated rings. The number of ether oxygens (including phenoxy) is 1. The van der Waals surface area contributed by atoms with E-state index in [2.05, 4.69) is 0 Å². The van der Waals surface area contributed by atoms with E-state index in [1.54, 1.807) is 36.1 Å². The number of halogens is 1. The van der Waals surface area contributed by atoms with E-state index >= 15 is 0 Å². The van der Waals surface area contributed by atoms with Gasteiger partial charge in [0.2, 0.25) is 5.91 Å². The van der Waals surface area contributed by atoms with Gasteiger partial charge in [-0.05, 0) is 31.2 Å². The van der Waals surface area contributed by atoms with Crippen molar-refractivity contribution < 1.29 is 22.3 Å². The summed E-state index contributed by atoms with van der Waals surface area (Å²) in [7, 11) is 0.255. The highest BCUT2D eigenvalue weighted by molar-refractivity contribution is 7.91. The summed E-state index contributed by atoms with van der Waals surface area (Å²) in [6.07, 6.45) is 0.464. The van der Waals surface area contributed by atoms with Gasteiger partial charge in [-0.15, -0.1) is 0 Å². The van der Waals surface area contributed by atoms with Gasteiger partial charge >= 0.3 is 0 Å². The Morgan fingerprint density at radius 3 is 2.76 bits per heavy atom. The molecule has 1 atom stereocenters. The fourth-order valence-corrected chi connectivity index (χ4v) is 4.78. The molecule has 0 spiro atoms. The minimum Gasteiger partial charge on any atom is -0.383 e. The molecule has 1 unspecified atom stereocenters. The van der Waals surface area contributed by atoms with E-state index in [1.165, 1.54) is 12.1 Å². The van der Waals surface area contributed by atoms with Gasteiger partial charge in [0.1, 0.15) is 5.82 Å². The molecule has 0 radical (unpaired) electrons. The van der Waals surface area contributed by atoms with Gasteiger partial charge < -0.3 is 9.64 Å². The maximum Gasteiger partial charge on any atom is 0.237 e. The molecule has 0 bridgehead atoms. The Kier molecular flexibility index (Phi) is 6.92. The molecule has 1 aromatic rings. The summed E-state index contributed by atoms with van der Waals surface area (Å²) >= 11 is 0. The summed E-state index contributed by atoms with van der Waals surface area (Å²) in [5.41, 5.74) is 0.780. The second-order valence-electron chi connectivity index (χ2n) is 6.44. The number of carbonyl (C=O) groups excluding carboxylic acids is 1. The van der Waals surface area contributed by atoms with Crippen molar-refractivity contribution >= 4 is 15.7 Å². The van der Waals surface area contributed by atoms with Gasteiger partial charge in [0.15, 0.2) is 9.84 Å². The van der Waals surface area contributed by atoms with Crippen molar-refractivity contribution in [3.63, 3.8) is 0 Å². The zero-order chi connectivity index (χ0) is 18.4. The number of sulfone groups is 1. The van der Waals surface area contributed by atoms with Gasteiger partial charge in [0.05, 0.1) is 24.7 Å². The molecule has 0 aliphatic carbocycles. The fraction of sp³-hybridized carbons (Fsp3) is 0.588. The van der Waals surface area contributed by atoms with Crippen LogP contribution in [0.3, 0.4) is 0 Å². The van der Waals surface area contributed by atoms with Crippen LogP contribution >= 0.6 is 0 Å². The molecule has 140 valence electrons. The van der Waals surface area contributed by atoms with Crippen molar-refractivity contribution in [2.75, 3.05) is 45.4 Å². The highest BCUT2D eigenvalue weighted by atomic mass is 32.2. The Morgan fingerprint density at radius 2 is 2.16 bits per heavy atom. The maximum atomic E-state index is 13.3. The Hall–Kier alpha value is -1.51. The number of hydrogen-bond donors (Lipinski definition) is 0. The number of rotatable bonds is 8. The lowest BCUT2D eigenvalue weighted by Crippen LogP contribution is -2.47. The Labute approximate surface area is 148 Å². The summed E-state index contributed by atoms with van der Waals surface area (Å²) in [5, 5.41) is 0. The summed E-state index contributed by atoms with van der Waals surface area (Å²) in [5.74, 6) is -0.322. The summed E-state index contributed by atoms with van der Waals surface area (Å²) in [4.78, 5) is 16.1. The van der Waals surface area contributed by atoms with Crippen LogP contribution < -0.4 is 0 Å². The SMILES string of the molecule is COCCN(C(=O)CN(C)Cc1cccc(F)c1)C1CCS(=O)(=O)C1. The lowest BCUT2D eigenvalue weighted by molar-refractivity contribution is -0.134. The number of carbonyl (C=O) groups is 1. The van der Waals surface area contributed by atoms with Crippen LogP contribution in [0, 0.1) is 5.82 Å². The van der Waals surface area contributed by atoms with Crippen LogP contribution in [0.2, 0.25) is 0 Å². The molecular weight excluding hydrogens is 347 g/mol. The van der Waals surface area contributed by atoms with Crippen molar-refractivity contribution in [2.24, 2.45) is 0 Å². The quantitative estimate of drug-likeness (QED) is 0.679. The first-order valence-electron chi connectivity index (χ1n) is 8.22. The maximum absolute atomic E-state index is 13.3. The number of likely N-dealkylation sites (N-methyl/N-ethyl adjacent to an activating group) is 1. The number of benzene rings is 1. The second-order valence-corrected chi connectivity index (χ2v) is 8.67. The van der Waals surface area contributed by atoms with E-state index in [4.69, 9.17) is 4.74 Å². The molecule has 1 amide bonds. The monoisotopic (exact) mass is 372 g/mol. The lowest BCUT2D eigenvalue weighted by Gasteiger charge is -2.30. The van der Waals surface area contributed by atoms with Crippen molar-refractivity contribution in [3.8, 4) is 0 Å². The van der Waals surface area contributed by atoms with Crippen LogP contribution in [-0.2, 0) is 25.9 Å². The van der Waals surface area contributed by atoms with Crippen molar-refractivity contribution in [3.05, 3.63) is 35.6 Å². The molecule has 8 heteroatoms. The average molecular weight is 372 g/mol. The van der Waals surface area contributed by atoms with Crippen molar-refractivity contribution in [1.29, 1.82) is 0 Å². The molecule has 1 aliphatic rings. The van der Waals surface area contributed by atoms with E-state index in [1.807, 2.05) is 0 Å². The minimum atomic E-state index is -3.07. The Bertz CT molecular complexity index is 696. The first-order valence-corrected chi connectivity index (χ1v) is 10.0.